The van der Waals surface area contributed by atoms with Gasteiger partial charge in [-0.1, -0.05) is 33.6 Å². The van der Waals surface area contributed by atoms with Crippen molar-refractivity contribution in [1.29, 1.82) is 0 Å². The van der Waals surface area contributed by atoms with Crippen molar-refractivity contribution < 1.29 is 13.2 Å². The average molecular weight is 492 g/mol. The fourth-order valence-electron chi connectivity index (χ4n) is 2.24. The first-order valence-electron chi connectivity index (χ1n) is 8.14. The van der Waals surface area contributed by atoms with Crippen molar-refractivity contribution in [3.8, 4) is 0 Å². The molecule has 0 unspecified atom stereocenters. The number of halogens is 2. The van der Waals surface area contributed by atoms with E-state index >= 15 is 0 Å². The van der Waals surface area contributed by atoms with Gasteiger partial charge in [-0.25, -0.2) is 8.42 Å². The Kier molecular flexibility index (Phi) is 8.47. The third kappa shape index (κ3) is 7.73. The minimum absolute atomic E-state index is 0.250. The molecule has 0 saturated heterocycles. The summed E-state index contributed by atoms with van der Waals surface area (Å²) in [7, 11) is -3.57. The van der Waals surface area contributed by atoms with Crippen molar-refractivity contribution in [2.45, 2.75) is 11.3 Å². The summed E-state index contributed by atoms with van der Waals surface area (Å²) in [6.07, 6.45) is 1.86. The summed E-state index contributed by atoms with van der Waals surface area (Å²) in [5.74, 6) is 0.500. The van der Waals surface area contributed by atoms with Crippen molar-refractivity contribution in [3.05, 3.63) is 58.0 Å². The topological polar surface area (TPSA) is 66.5 Å². The summed E-state index contributed by atoms with van der Waals surface area (Å²) in [6, 6.07) is 14.4. The van der Waals surface area contributed by atoms with E-state index in [1.807, 2.05) is 24.3 Å². The predicted molar refractivity (Wildman–Crippen MR) is 116 cm³/mol. The first-order chi connectivity index (χ1) is 12.8. The van der Waals surface area contributed by atoms with Crippen LogP contribution in [-0.2, 0) is 14.8 Å². The number of rotatable bonds is 9. The molecule has 0 radical (unpaired) electrons. The molecule has 1 amide bonds. The van der Waals surface area contributed by atoms with Crippen LogP contribution < -0.4 is 9.62 Å². The lowest BCUT2D eigenvalue weighted by molar-refractivity contribution is -0.119. The molecule has 0 heterocycles. The van der Waals surface area contributed by atoms with E-state index in [0.717, 1.165) is 32.1 Å². The minimum atomic E-state index is -3.57. The Balaban J connectivity index is 1.81. The molecular formula is C18H20BrClN2O3S2. The standard InChI is InChI=1S/C18H20BrClN2O3S2/c1-27(24,25)22(16-5-2-4-14(19)12-16)13-18(23)21-10-3-11-26-17-8-6-15(20)7-9-17/h2,4-9,12H,3,10-11,13H2,1H3,(H,21,23). The van der Waals surface area contributed by atoms with Crippen LogP contribution in [0, 0.1) is 0 Å². The molecule has 0 aliphatic rings. The second-order valence-corrected chi connectivity index (χ2v) is 10.2. The van der Waals surface area contributed by atoms with Crippen LogP contribution in [0.4, 0.5) is 5.69 Å². The Morgan fingerprint density at radius 3 is 2.56 bits per heavy atom. The average Bonchev–Trinajstić information content (AvgIpc) is 2.60. The summed E-state index contributed by atoms with van der Waals surface area (Å²) in [5.41, 5.74) is 0.445. The maximum atomic E-state index is 12.2. The van der Waals surface area contributed by atoms with Crippen LogP contribution in [0.3, 0.4) is 0 Å². The molecular weight excluding hydrogens is 472 g/mol. The number of thioether (sulfide) groups is 1. The van der Waals surface area contributed by atoms with E-state index < -0.39 is 10.0 Å². The zero-order valence-corrected chi connectivity index (χ0v) is 18.7. The fourth-order valence-corrected chi connectivity index (χ4v) is 4.45. The molecule has 0 fully saturated rings. The Morgan fingerprint density at radius 2 is 1.93 bits per heavy atom. The van der Waals surface area contributed by atoms with Gasteiger partial charge in [0, 0.05) is 20.9 Å². The maximum Gasteiger partial charge on any atom is 0.240 e. The number of carbonyl (C=O) groups is 1. The van der Waals surface area contributed by atoms with E-state index in [-0.39, 0.29) is 12.5 Å². The predicted octanol–water partition coefficient (Wildman–Crippen LogP) is 4.17. The van der Waals surface area contributed by atoms with Crippen LogP contribution in [0.25, 0.3) is 0 Å². The van der Waals surface area contributed by atoms with Gasteiger partial charge in [0.2, 0.25) is 15.9 Å². The Labute approximate surface area is 177 Å². The molecule has 2 aromatic carbocycles. The van der Waals surface area contributed by atoms with Gasteiger partial charge in [-0.2, -0.15) is 0 Å². The van der Waals surface area contributed by atoms with Crippen LogP contribution in [0.15, 0.2) is 57.9 Å². The number of carbonyl (C=O) groups excluding carboxylic acids is 1. The second-order valence-electron chi connectivity index (χ2n) is 5.76. The zero-order valence-electron chi connectivity index (χ0n) is 14.7. The van der Waals surface area contributed by atoms with E-state index in [9.17, 15) is 13.2 Å². The highest BCUT2D eigenvalue weighted by atomic mass is 79.9. The number of benzene rings is 2. The molecule has 0 atom stereocenters. The van der Waals surface area contributed by atoms with E-state index in [4.69, 9.17) is 11.6 Å². The lowest BCUT2D eigenvalue weighted by Crippen LogP contribution is -2.40. The van der Waals surface area contributed by atoms with E-state index in [0.29, 0.717) is 17.3 Å². The van der Waals surface area contributed by atoms with Gasteiger partial charge in [0.05, 0.1) is 11.9 Å². The smallest absolute Gasteiger partial charge is 0.240 e. The van der Waals surface area contributed by atoms with E-state index in [2.05, 4.69) is 21.2 Å². The molecule has 146 valence electrons. The monoisotopic (exact) mass is 490 g/mol. The largest absolute Gasteiger partial charge is 0.354 e. The number of anilines is 1. The molecule has 0 aromatic heterocycles. The Bertz CT molecular complexity index is 876. The van der Waals surface area contributed by atoms with Gasteiger partial charge in [0.1, 0.15) is 6.54 Å². The van der Waals surface area contributed by atoms with Gasteiger partial charge < -0.3 is 5.32 Å². The highest BCUT2D eigenvalue weighted by molar-refractivity contribution is 9.10. The van der Waals surface area contributed by atoms with Gasteiger partial charge in [0.15, 0.2) is 0 Å². The highest BCUT2D eigenvalue weighted by Gasteiger charge is 2.20. The third-order valence-corrected chi connectivity index (χ3v) is 6.49. The fraction of sp³-hybridized carbons (Fsp3) is 0.278. The number of hydrogen-bond donors (Lipinski definition) is 1. The summed E-state index contributed by atoms with van der Waals surface area (Å²) < 4.78 is 25.9. The quantitative estimate of drug-likeness (QED) is 0.422. The first kappa shape index (κ1) is 22.1. The number of nitrogens with zero attached hydrogens (tertiary/aromatic N) is 1. The van der Waals surface area contributed by atoms with Crippen LogP contribution in [-0.4, -0.2) is 39.4 Å². The van der Waals surface area contributed by atoms with Gasteiger partial charge in [-0.15, -0.1) is 11.8 Å². The normalized spacial score (nSPS) is 11.2. The van der Waals surface area contributed by atoms with E-state index in [1.165, 1.54) is 0 Å². The zero-order chi connectivity index (χ0) is 19.9. The van der Waals surface area contributed by atoms with E-state index in [1.54, 1.807) is 36.0 Å². The number of sulfonamides is 1. The SMILES string of the molecule is CS(=O)(=O)N(CC(=O)NCCCSc1ccc(Cl)cc1)c1cccc(Br)c1. The van der Waals surface area contributed by atoms with Crippen molar-refractivity contribution in [2.24, 2.45) is 0 Å². The molecule has 2 aromatic rings. The molecule has 9 heteroatoms. The van der Waals surface area contributed by atoms with Crippen molar-refractivity contribution in [1.82, 2.24) is 5.32 Å². The molecule has 0 aliphatic heterocycles. The molecule has 0 spiro atoms. The molecule has 2 rings (SSSR count). The summed E-state index contributed by atoms with van der Waals surface area (Å²) in [4.78, 5) is 13.3. The van der Waals surface area contributed by atoms with Gasteiger partial charge in [-0.3, -0.25) is 9.10 Å². The van der Waals surface area contributed by atoms with Crippen LogP contribution >= 0.6 is 39.3 Å². The van der Waals surface area contributed by atoms with Gasteiger partial charge >= 0.3 is 0 Å². The lowest BCUT2D eigenvalue weighted by atomic mass is 10.3. The number of amides is 1. The molecule has 0 bridgehead atoms. The summed E-state index contributed by atoms with van der Waals surface area (Å²) in [6.45, 7) is 0.231. The van der Waals surface area contributed by atoms with Crippen LogP contribution in [0.2, 0.25) is 5.02 Å². The van der Waals surface area contributed by atoms with Gasteiger partial charge in [-0.05, 0) is 54.6 Å². The third-order valence-electron chi connectivity index (χ3n) is 3.51. The molecule has 0 saturated carbocycles. The molecule has 0 aliphatic carbocycles. The van der Waals surface area contributed by atoms with Crippen molar-refractivity contribution >= 4 is 60.9 Å². The Hall–Kier alpha value is -1.22. The van der Waals surface area contributed by atoms with Crippen molar-refractivity contribution in [3.63, 3.8) is 0 Å². The van der Waals surface area contributed by atoms with Gasteiger partial charge in [0.25, 0.3) is 0 Å². The second kappa shape index (κ2) is 10.4. The number of nitrogens with one attached hydrogen (secondary N) is 1. The van der Waals surface area contributed by atoms with Crippen LogP contribution in [0.1, 0.15) is 6.42 Å². The summed E-state index contributed by atoms with van der Waals surface area (Å²) in [5, 5.41) is 3.48. The molecule has 27 heavy (non-hydrogen) atoms. The molecule has 5 nitrogen and oxygen atoms in total. The number of hydrogen-bond acceptors (Lipinski definition) is 4. The minimum Gasteiger partial charge on any atom is -0.354 e. The Morgan fingerprint density at radius 1 is 1.22 bits per heavy atom. The summed E-state index contributed by atoms with van der Waals surface area (Å²) >= 11 is 10.8. The first-order valence-corrected chi connectivity index (χ1v) is 12.1. The highest BCUT2D eigenvalue weighted by Crippen LogP contribution is 2.22. The van der Waals surface area contributed by atoms with Crippen LogP contribution in [0.5, 0.6) is 0 Å². The molecule has 1 N–H and O–H groups in total. The maximum absolute atomic E-state index is 12.2. The lowest BCUT2D eigenvalue weighted by Gasteiger charge is -2.22. The van der Waals surface area contributed by atoms with Crippen molar-refractivity contribution in [2.75, 3.05) is 29.4 Å².